The Morgan fingerprint density at radius 1 is 1.28 bits per heavy atom. The molecule has 25 heavy (non-hydrogen) atoms. The molecule has 0 aromatic heterocycles. The Labute approximate surface area is 149 Å². The minimum Gasteiger partial charge on any atom is -0.444 e. The van der Waals surface area contributed by atoms with E-state index in [1.165, 1.54) is 0 Å². The average molecular weight is 342 g/mol. The van der Waals surface area contributed by atoms with Gasteiger partial charge in [0.15, 0.2) is 0 Å². The lowest BCUT2D eigenvalue weighted by atomic mass is 9.81. The molecule has 2 atom stereocenters. The van der Waals surface area contributed by atoms with Crippen molar-refractivity contribution in [2.24, 2.45) is 0 Å². The number of rotatable bonds is 2. The van der Waals surface area contributed by atoms with Gasteiger partial charge in [0.2, 0.25) is 0 Å². The van der Waals surface area contributed by atoms with Crippen molar-refractivity contribution >= 4 is 6.09 Å². The molecule has 5 nitrogen and oxygen atoms in total. The van der Waals surface area contributed by atoms with Crippen LogP contribution in [0.1, 0.15) is 57.6 Å². The van der Waals surface area contributed by atoms with E-state index in [2.05, 4.69) is 6.07 Å². The highest BCUT2D eigenvalue weighted by atomic mass is 16.6. The lowest BCUT2D eigenvalue weighted by Crippen LogP contribution is -2.54. The van der Waals surface area contributed by atoms with E-state index in [0.717, 1.165) is 18.4 Å². The van der Waals surface area contributed by atoms with Gasteiger partial charge in [0, 0.05) is 18.5 Å². The van der Waals surface area contributed by atoms with Crippen LogP contribution < -0.4 is 0 Å². The van der Waals surface area contributed by atoms with Gasteiger partial charge in [-0.1, -0.05) is 12.1 Å². The van der Waals surface area contributed by atoms with Crippen LogP contribution in [0.2, 0.25) is 0 Å². The fraction of sp³-hybridized carbons (Fsp3) is 0.600. The Morgan fingerprint density at radius 3 is 2.32 bits per heavy atom. The van der Waals surface area contributed by atoms with E-state index in [0.29, 0.717) is 24.8 Å². The van der Waals surface area contributed by atoms with Gasteiger partial charge in [-0.15, -0.1) is 0 Å². The SMILES string of the molecule is CC(C)(C)OC(=O)N1C2CCC1CC(O)(Cc1ccc(C#N)cc1)C2. The molecular formula is C20H26N2O3. The Hall–Kier alpha value is -2.06. The minimum atomic E-state index is -0.807. The van der Waals surface area contributed by atoms with Crippen LogP contribution in [0.5, 0.6) is 0 Å². The van der Waals surface area contributed by atoms with Gasteiger partial charge in [0.25, 0.3) is 0 Å². The van der Waals surface area contributed by atoms with Crippen LogP contribution in [0, 0.1) is 11.3 Å². The van der Waals surface area contributed by atoms with Crippen molar-refractivity contribution in [3.63, 3.8) is 0 Å². The molecule has 2 bridgehead atoms. The zero-order valence-corrected chi connectivity index (χ0v) is 15.2. The molecule has 2 heterocycles. The summed E-state index contributed by atoms with van der Waals surface area (Å²) in [7, 11) is 0. The number of carbonyl (C=O) groups is 1. The Balaban J connectivity index is 1.69. The van der Waals surface area contributed by atoms with Crippen LogP contribution in [0.3, 0.4) is 0 Å². The second-order valence-electron chi connectivity index (χ2n) is 8.39. The molecule has 1 N–H and O–H groups in total. The van der Waals surface area contributed by atoms with Gasteiger partial charge in [0.05, 0.1) is 17.2 Å². The van der Waals surface area contributed by atoms with Gasteiger partial charge in [-0.25, -0.2) is 4.79 Å². The summed E-state index contributed by atoms with van der Waals surface area (Å²) in [5.74, 6) is 0. The number of benzene rings is 1. The molecule has 5 heteroatoms. The van der Waals surface area contributed by atoms with E-state index in [9.17, 15) is 9.90 Å². The molecule has 1 aromatic carbocycles. The summed E-state index contributed by atoms with van der Waals surface area (Å²) >= 11 is 0. The molecule has 0 saturated carbocycles. The summed E-state index contributed by atoms with van der Waals surface area (Å²) in [5, 5.41) is 20.0. The third kappa shape index (κ3) is 3.96. The molecular weight excluding hydrogens is 316 g/mol. The standard InChI is InChI=1S/C20H26N2O3/c1-19(2,3)25-18(23)22-16-8-9-17(22)12-20(24,11-16)10-14-4-6-15(13-21)7-5-14/h4-7,16-17,24H,8-12H2,1-3H3. The minimum absolute atomic E-state index is 0.0389. The predicted molar refractivity (Wildman–Crippen MR) is 93.9 cm³/mol. The molecule has 0 aliphatic carbocycles. The second-order valence-corrected chi connectivity index (χ2v) is 8.39. The smallest absolute Gasteiger partial charge is 0.410 e. The van der Waals surface area contributed by atoms with Crippen molar-refractivity contribution in [3.8, 4) is 6.07 Å². The summed E-state index contributed by atoms with van der Waals surface area (Å²) in [4.78, 5) is 14.4. The number of fused-ring (bicyclic) bond motifs is 2. The molecule has 2 aliphatic heterocycles. The van der Waals surface area contributed by atoms with E-state index < -0.39 is 11.2 Å². The quantitative estimate of drug-likeness (QED) is 0.894. The van der Waals surface area contributed by atoms with Crippen molar-refractivity contribution in [2.75, 3.05) is 0 Å². The van der Waals surface area contributed by atoms with Gasteiger partial charge >= 0.3 is 6.09 Å². The van der Waals surface area contributed by atoms with Gasteiger partial charge in [-0.2, -0.15) is 5.26 Å². The van der Waals surface area contributed by atoms with Crippen LogP contribution in [-0.2, 0) is 11.2 Å². The third-order valence-corrected chi connectivity index (χ3v) is 5.07. The summed E-state index contributed by atoms with van der Waals surface area (Å²) in [5.41, 5.74) is 0.327. The molecule has 0 radical (unpaired) electrons. The zero-order valence-electron chi connectivity index (χ0n) is 15.2. The maximum absolute atomic E-state index is 12.5. The number of nitriles is 1. The van der Waals surface area contributed by atoms with E-state index in [-0.39, 0.29) is 18.2 Å². The van der Waals surface area contributed by atoms with Gasteiger partial charge < -0.3 is 14.7 Å². The predicted octanol–water partition coefficient (Wildman–Crippen LogP) is 3.39. The Kier molecular flexibility index (Phi) is 4.51. The van der Waals surface area contributed by atoms with Crippen LogP contribution in [-0.4, -0.2) is 39.4 Å². The first-order chi connectivity index (χ1) is 11.7. The number of nitrogens with zero attached hydrogens (tertiary/aromatic N) is 2. The first kappa shape index (κ1) is 17.8. The largest absolute Gasteiger partial charge is 0.444 e. The van der Waals surface area contributed by atoms with Crippen molar-refractivity contribution in [1.82, 2.24) is 4.90 Å². The van der Waals surface area contributed by atoms with E-state index in [1.807, 2.05) is 37.8 Å². The topological polar surface area (TPSA) is 73.6 Å². The molecule has 134 valence electrons. The van der Waals surface area contributed by atoms with Gasteiger partial charge in [0.1, 0.15) is 5.60 Å². The number of hydrogen-bond donors (Lipinski definition) is 1. The van der Waals surface area contributed by atoms with Gasteiger partial charge in [-0.05, 0) is 64.2 Å². The number of carbonyl (C=O) groups excluding carboxylic acids is 1. The van der Waals surface area contributed by atoms with Crippen LogP contribution in [0.15, 0.2) is 24.3 Å². The van der Waals surface area contributed by atoms with Crippen molar-refractivity contribution in [1.29, 1.82) is 5.26 Å². The highest BCUT2D eigenvalue weighted by molar-refractivity contribution is 5.69. The summed E-state index contributed by atoms with van der Waals surface area (Å²) in [6.45, 7) is 5.62. The molecule has 1 amide bonds. The van der Waals surface area contributed by atoms with Crippen molar-refractivity contribution in [3.05, 3.63) is 35.4 Å². The monoisotopic (exact) mass is 342 g/mol. The molecule has 2 fully saturated rings. The average Bonchev–Trinajstić information content (AvgIpc) is 2.79. The highest BCUT2D eigenvalue weighted by Gasteiger charge is 2.50. The summed E-state index contributed by atoms with van der Waals surface area (Å²) in [6.07, 6.45) is 3.26. The number of hydrogen-bond acceptors (Lipinski definition) is 4. The Morgan fingerprint density at radius 2 is 1.84 bits per heavy atom. The van der Waals surface area contributed by atoms with Crippen LogP contribution in [0.25, 0.3) is 0 Å². The number of aliphatic hydroxyl groups is 1. The third-order valence-electron chi connectivity index (χ3n) is 5.07. The zero-order chi connectivity index (χ0) is 18.2. The number of ether oxygens (including phenoxy) is 1. The normalized spacial score (nSPS) is 28.5. The molecule has 2 saturated heterocycles. The fourth-order valence-electron chi connectivity index (χ4n) is 4.16. The summed E-state index contributed by atoms with van der Waals surface area (Å²) in [6, 6.07) is 9.55. The lowest BCUT2D eigenvalue weighted by molar-refractivity contribution is -0.0579. The van der Waals surface area contributed by atoms with Crippen molar-refractivity contribution in [2.45, 2.75) is 76.2 Å². The molecule has 2 unspecified atom stereocenters. The number of amides is 1. The molecule has 0 spiro atoms. The second kappa shape index (κ2) is 6.34. The molecule has 1 aromatic rings. The van der Waals surface area contributed by atoms with E-state index in [4.69, 9.17) is 10.00 Å². The lowest BCUT2D eigenvalue weighted by Gasteiger charge is -2.44. The highest BCUT2D eigenvalue weighted by Crippen LogP contribution is 2.42. The van der Waals surface area contributed by atoms with Crippen LogP contribution in [0.4, 0.5) is 4.79 Å². The van der Waals surface area contributed by atoms with E-state index in [1.54, 1.807) is 12.1 Å². The van der Waals surface area contributed by atoms with Gasteiger partial charge in [-0.3, -0.25) is 0 Å². The summed E-state index contributed by atoms with van der Waals surface area (Å²) < 4.78 is 5.54. The van der Waals surface area contributed by atoms with Crippen molar-refractivity contribution < 1.29 is 14.6 Å². The van der Waals surface area contributed by atoms with Crippen LogP contribution >= 0.6 is 0 Å². The first-order valence-corrected chi connectivity index (χ1v) is 8.92. The first-order valence-electron chi connectivity index (χ1n) is 8.92. The molecule has 3 rings (SSSR count). The van der Waals surface area contributed by atoms with E-state index >= 15 is 0 Å². The molecule has 2 aliphatic rings. The maximum atomic E-state index is 12.5. The number of piperidine rings is 1. The fourth-order valence-corrected chi connectivity index (χ4v) is 4.16. The maximum Gasteiger partial charge on any atom is 0.410 e. The Bertz CT molecular complexity index is 670.